The number of hydrogen-bond donors (Lipinski definition) is 2. The predicted molar refractivity (Wildman–Crippen MR) is 47.7 cm³/mol. The summed E-state index contributed by atoms with van der Waals surface area (Å²) < 4.78 is 0. The highest BCUT2D eigenvalue weighted by Crippen LogP contribution is 2.04. The van der Waals surface area contributed by atoms with Crippen molar-refractivity contribution in [3.8, 4) is 0 Å². The van der Waals surface area contributed by atoms with E-state index in [9.17, 15) is 4.79 Å². The molecule has 2 unspecified atom stereocenters. The molecule has 0 aliphatic carbocycles. The third kappa shape index (κ3) is 2.19. The van der Waals surface area contributed by atoms with E-state index >= 15 is 0 Å². The van der Waals surface area contributed by atoms with Crippen molar-refractivity contribution in [3.05, 3.63) is 0 Å². The molecule has 2 N–H and O–H groups in total. The fraction of sp³-hybridized carbons (Fsp3) is 0.875. The molecule has 0 aromatic carbocycles. The zero-order valence-electron chi connectivity index (χ0n) is 7.71. The molecule has 70 valence electrons. The Morgan fingerprint density at radius 3 is 3.08 bits per heavy atom. The lowest BCUT2D eigenvalue weighted by atomic mass is 10.2. The highest BCUT2D eigenvalue weighted by Gasteiger charge is 2.21. The summed E-state index contributed by atoms with van der Waals surface area (Å²) in [5.41, 5.74) is 0. The van der Waals surface area contributed by atoms with E-state index < -0.39 is 0 Å². The van der Waals surface area contributed by atoms with Crippen LogP contribution in [-0.2, 0) is 4.79 Å². The maximum Gasteiger partial charge on any atom is 0.208 e. The molecule has 0 saturated carbocycles. The van der Waals surface area contributed by atoms with Gasteiger partial charge in [-0.1, -0.05) is 0 Å². The average molecular weight is 171 g/mol. The molecule has 1 fully saturated rings. The zero-order valence-corrected chi connectivity index (χ0v) is 7.71. The Morgan fingerprint density at radius 1 is 1.75 bits per heavy atom. The highest BCUT2D eigenvalue weighted by atomic mass is 16.1. The van der Waals surface area contributed by atoms with Gasteiger partial charge < -0.3 is 10.6 Å². The number of carbonyl (C=O) groups excluding carboxylic acids is 1. The van der Waals surface area contributed by atoms with Crippen LogP contribution in [0.4, 0.5) is 0 Å². The highest BCUT2D eigenvalue weighted by molar-refractivity contribution is 5.46. The van der Waals surface area contributed by atoms with Gasteiger partial charge in [0, 0.05) is 25.7 Å². The summed E-state index contributed by atoms with van der Waals surface area (Å²) >= 11 is 0. The zero-order chi connectivity index (χ0) is 8.97. The van der Waals surface area contributed by atoms with Crippen LogP contribution in [-0.4, -0.2) is 43.2 Å². The van der Waals surface area contributed by atoms with E-state index in [0.717, 1.165) is 26.0 Å². The second-order valence-corrected chi connectivity index (χ2v) is 3.25. The first-order valence-corrected chi connectivity index (χ1v) is 4.42. The topological polar surface area (TPSA) is 44.4 Å². The molecule has 0 spiro atoms. The van der Waals surface area contributed by atoms with Crippen molar-refractivity contribution in [1.29, 1.82) is 0 Å². The smallest absolute Gasteiger partial charge is 0.208 e. The standard InChI is InChI=1S/C8H17N3O/c1-7-5-9-3-4-11(7)8(2)10-6-12/h6-9H,3-5H2,1-2H3,(H,10,12). The fourth-order valence-electron chi connectivity index (χ4n) is 1.63. The SMILES string of the molecule is CC1CNCCN1C(C)NC=O. The molecule has 0 radical (unpaired) electrons. The van der Waals surface area contributed by atoms with E-state index in [1.807, 2.05) is 6.92 Å². The second kappa shape index (κ2) is 4.42. The maximum absolute atomic E-state index is 10.2. The van der Waals surface area contributed by atoms with Gasteiger partial charge in [0.2, 0.25) is 6.41 Å². The average Bonchev–Trinajstić information content (AvgIpc) is 2.05. The van der Waals surface area contributed by atoms with E-state index in [4.69, 9.17) is 0 Å². The third-order valence-electron chi connectivity index (χ3n) is 2.36. The van der Waals surface area contributed by atoms with Gasteiger partial charge in [-0.2, -0.15) is 0 Å². The van der Waals surface area contributed by atoms with Crippen LogP contribution in [0.2, 0.25) is 0 Å². The number of carbonyl (C=O) groups is 1. The quantitative estimate of drug-likeness (QED) is 0.556. The lowest BCUT2D eigenvalue weighted by Gasteiger charge is -2.37. The van der Waals surface area contributed by atoms with Crippen molar-refractivity contribution < 1.29 is 4.79 Å². The van der Waals surface area contributed by atoms with Crippen LogP contribution in [0.3, 0.4) is 0 Å². The van der Waals surface area contributed by atoms with Gasteiger partial charge in [-0.25, -0.2) is 0 Å². The molecule has 4 nitrogen and oxygen atoms in total. The van der Waals surface area contributed by atoms with Gasteiger partial charge >= 0.3 is 0 Å². The first-order chi connectivity index (χ1) is 5.75. The minimum Gasteiger partial charge on any atom is -0.343 e. The van der Waals surface area contributed by atoms with E-state index in [2.05, 4.69) is 22.5 Å². The molecule has 1 amide bonds. The largest absolute Gasteiger partial charge is 0.343 e. The van der Waals surface area contributed by atoms with Gasteiger partial charge in [0.15, 0.2) is 0 Å². The van der Waals surface area contributed by atoms with Crippen LogP contribution in [0.25, 0.3) is 0 Å². The van der Waals surface area contributed by atoms with E-state index in [1.165, 1.54) is 0 Å². The summed E-state index contributed by atoms with van der Waals surface area (Å²) in [7, 11) is 0. The van der Waals surface area contributed by atoms with Gasteiger partial charge in [0.05, 0.1) is 6.17 Å². The summed E-state index contributed by atoms with van der Waals surface area (Å²) in [5.74, 6) is 0. The number of piperazine rings is 1. The lowest BCUT2D eigenvalue weighted by Crippen LogP contribution is -2.56. The van der Waals surface area contributed by atoms with Crippen molar-refractivity contribution in [1.82, 2.24) is 15.5 Å². The Hall–Kier alpha value is -0.610. The molecule has 2 atom stereocenters. The van der Waals surface area contributed by atoms with E-state index in [-0.39, 0.29) is 6.17 Å². The maximum atomic E-state index is 10.2. The molecule has 0 aromatic rings. The molecular weight excluding hydrogens is 154 g/mol. The molecule has 0 aromatic heterocycles. The summed E-state index contributed by atoms with van der Waals surface area (Å²) in [4.78, 5) is 12.5. The molecule has 12 heavy (non-hydrogen) atoms. The van der Waals surface area contributed by atoms with Crippen LogP contribution < -0.4 is 10.6 Å². The van der Waals surface area contributed by atoms with Crippen LogP contribution in [0, 0.1) is 0 Å². The summed E-state index contributed by atoms with van der Waals surface area (Å²) in [5, 5.41) is 6.07. The van der Waals surface area contributed by atoms with Crippen LogP contribution in [0.1, 0.15) is 13.8 Å². The minimum atomic E-state index is 0.152. The number of rotatable bonds is 3. The Morgan fingerprint density at radius 2 is 2.50 bits per heavy atom. The Bertz CT molecular complexity index is 151. The second-order valence-electron chi connectivity index (χ2n) is 3.25. The van der Waals surface area contributed by atoms with Gasteiger partial charge in [-0.3, -0.25) is 9.69 Å². The third-order valence-corrected chi connectivity index (χ3v) is 2.36. The number of nitrogens with zero attached hydrogens (tertiary/aromatic N) is 1. The van der Waals surface area contributed by atoms with Crippen molar-refractivity contribution in [2.75, 3.05) is 19.6 Å². The Labute approximate surface area is 73.3 Å². The van der Waals surface area contributed by atoms with Gasteiger partial charge in [-0.05, 0) is 13.8 Å². The van der Waals surface area contributed by atoms with Crippen molar-refractivity contribution >= 4 is 6.41 Å². The predicted octanol–water partition coefficient (Wildman–Crippen LogP) is -0.628. The van der Waals surface area contributed by atoms with Crippen LogP contribution in [0.5, 0.6) is 0 Å². The molecule has 0 bridgehead atoms. The molecule has 1 aliphatic rings. The first-order valence-electron chi connectivity index (χ1n) is 4.42. The Balaban J connectivity index is 2.41. The van der Waals surface area contributed by atoms with Crippen LogP contribution in [0.15, 0.2) is 0 Å². The van der Waals surface area contributed by atoms with Gasteiger partial charge in [0.25, 0.3) is 0 Å². The fourth-order valence-corrected chi connectivity index (χ4v) is 1.63. The van der Waals surface area contributed by atoms with E-state index in [0.29, 0.717) is 6.04 Å². The van der Waals surface area contributed by atoms with Crippen molar-refractivity contribution in [2.45, 2.75) is 26.1 Å². The van der Waals surface area contributed by atoms with Gasteiger partial charge in [-0.15, -0.1) is 0 Å². The summed E-state index contributed by atoms with van der Waals surface area (Å²) in [6.45, 7) is 7.19. The monoisotopic (exact) mass is 171 g/mol. The van der Waals surface area contributed by atoms with E-state index in [1.54, 1.807) is 0 Å². The van der Waals surface area contributed by atoms with Crippen molar-refractivity contribution in [2.24, 2.45) is 0 Å². The first kappa shape index (κ1) is 9.48. The normalized spacial score (nSPS) is 28.0. The van der Waals surface area contributed by atoms with Gasteiger partial charge in [0.1, 0.15) is 0 Å². The minimum absolute atomic E-state index is 0.152. The molecule has 1 saturated heterocycles. The number of nitrogens with one attached hydrogen (secondary N) is 2. The molecule has 1 aliphatic heterocycles. The number of amides is 1. The number of hydrogen-bond acceptors (Lipinski definition) is 3. The summed E-state index contributed by atoms with van der Waals surface area (Å²) in [6.07, 6.45) is 0.916. The molecular formula is C8H17N3O. The molecule has 1 heterocycles. The van der Waals surface area contributed by atoms with Crippen molar-refractivity contribution in [3.63, 3.8) is 0 Å². The Kier molecular flexibility index (Phi) is 3.49. The van der Waals surface area contributed by atoms with Crippen LogP contribution >= 0.6 is 0 Å². The molecule has 1 rings (SSSR count). The lowest BCUT2D eigenvalue weighted by molar-refractivity contribution is -0.111. The summed E-state index contributed by atoms with van der Waals surface area (Å²) in [6, 6.07) is 0.501. The molecule has 4 heteroatoms.